The third kappa shape index (κ3) is 4.24. The molecule has 1 heterocycles. The number of alkyl halides is 6. The molecule has 0 aromatic heterocycles. The Bertz CT molecular complexity index is 643. The highest BCUT2D eigenvalue weighted by Crippen LogP contribution is 2.38. The first-order valence-corrected chi connectivity index (χ1v) is 7.31. The monoisotopic (exact) mass is 371 g/mol. The van der Waals surface area contributed by atoms with Crippen LogP contribution in [-0.2, 0) is 12.4 Å². The molecule has 0 bridgehead atoms. The molecule has 1 aliphatic rings. The Hall–Kier alpha value is -1.81. The topological polar surface area (TPSA) is 60.8 Å². The number of aliphatic hydroxyl groups excluding tert-OH is 2. The van der Waals surface area contributed by atoms with Gasteiger partial charge in [0.2, 0.25) is 0 Å². The Morgan fingerprint density at radius 3 is 2.28 bits per heavy atom. The second-order valence-electron chi connectivity index (χ2n) is 5.81. The molecule has 1 aromatic carbocycles. The molecule has 1 saturated heterocycles. The smallest absolute Gasteiger partial charge is 0.396 e. The molecular weight excluding hydrogens is 356 g/mol. The van der Waals surface area contributed by atoms with Crippen LogP contribution in [0.4, 0.5) is 26.3 Å². The number of piperidine rings is 1. The maximum atomic E-state index is 13.1. The van der Waals surface area contributed by atoms with Crippen LogP contribution in [0.5, 0.6) is 0 Å². The lowest BCUT2D eigenvalue weighted by Gasteiger charge is -2.35. The molecule has 1 aliphatic heterocycles. The number of hydrogen-bond acceptors (Lipinski definition) is 3. The molecule has 1 aromatic rings. The van der Waals surface area contributed by atoms with E-state index < -0.39 is 47.0 Å². The highest BCUT2D eigenvalue weighted by molar-refractivity contribution is 5.96. The minimum absolute atomic E-state index is 0.0144. The van der Waals surface area contributed by atoms with Crippen molar-refractivity contribution in [1.29, 1.82) is 0 Å². The average Bonchev–Trinajstić information content (AvgIpc) is 2.51. The predicted molar refractivity (Wildman–Crippen MR) is 73.5 cm³/mol. The largest absolute Gasteiger partial charge is 0.417 e. The molecule has 1 fully saturated rings. The van der Waals surface area contributed by atoms with Gasteiger partial charge in [0.1, 0.15) is 0 Å². The number of aliphatic hydroxyl groups is 2. The second kappa shape index (κ2) is 6.83. The number of likely N-dealkylation sites (tertiary alicyclic amines) is 1. The number of hydrogen-bond donors (Lipinski definition) is 2. The molecule has 0 spiro atoms. The fourth-order valence-electron chi connectivity index (χ4n) is 2.69. The van der Waals surface area contributed by atoms with E-state index in [2.05, 4.69) is 0 Å². The molecule has 0 saturated carbocycles. The minimum atomic E-state index is -5.14. The minimum Gasteiger partial charge on any atom is -0.396 e. The predicted octanol–water partition coefficient (Wildman–Crippen LogP) is 2.54. The fraction of sp³-hybridized carbons (Fsp3) is 0.533. The Morgan fingerprint density at radius 2 is 1.80 bits per heavy atom. The first-order valence-electron chi connectivity index (χ1n) is 7.31. The van der Waals surface area contributed by atoms with Gasteiger partial charge in [-0.25, -0.2) is 0 Å². The van der Waals surface area contributed by atoms with Crippen LogP contribution in [0.1, 0.15) is 27.9 Å². The van der Waals surface area contributed by atoms with Gasteiger partial charge < -0.3 is 15.1 Å². The molecular formula is C15H15F6NO3. The average molecular weight is 371 g/mol. The van der Waals surface area contributed by atoms with E-state index in [0.29, 0.717) is 12.1 Å². The van der Waals surface area contributed by atoms with Crippen molar-refractivity contribution in [3.63, 3.8) is 0 Å². The van der Waals surface area contributed by atoms with Crippen molar-refractivity contribution < 1.29 is 41.4 Å². The van der Waals surface area contributed by atoms with Crippen LogP contribution in [0.25, 0.3) is 0 Å². The van der Waals surface area contributed by atoms with E-state index in [1.807, 2.05) is 0 Å². The molecule has 0 aliphatic carbocycles. The number of rotatable bonds is 2. The van der Waals surface area contributed by atoms with Gasteiger partial charge in [-0.05, 0) is 24.6 Å². The van der Waals surface area contributed by atoms with Crippen LogP contribution in [-0.4, -0.2) is 46.8 Å². The first kappa shape index (κ1) is 19.5. The van der Waals surface area contributed by atoms with E-state index in [9.17, 15) is 36.2 Å². The number of benzene rings is 1. The summed E-state index contributed by atoms with van der Waals surface area (Å²) in [6.45, 7) is -0.654. The van der Waals surface area contributed by atoms with Gasteiger partial charge in [-0.1, -0.05) is 0 Å². The summed E-state index contributed by atoms with van der Waals surface area (Å²) in [5, 5.41) is 18.8. The zero-order valence-corrected chi connectivity index (χ0v) is 12.7. The highest BCUT2D eigenvalue weighted by Gasteiger charge is 2.41. The number of nitrogens with zero attached hydrogens (tertiary/aromatic N) is 1. The molecule has 10 heteroatoms. The Morgan fingerprint density at radius 1 is 1.16 bits per heavy atom. The van der Waals surface area contributed by atoms with Crippen molar-refractivity contribution in [2.75, 3.05) is 19.7 Å². The highest BCUT2D eigenvalue weighted by atomic mass is 19.4. The first-order chi connectivity index (χ1) is 11.4. The Balaban J connectivity index is 2.36. The normalized spacial score (nSPS) is 22.2. The van der Waals surface area contributed by atoms with Gasteiger partial charge in [0.05, 0.1) is 22.8 Å². The Labute approximate surface area is 138 Å². The zero-order chi connectivity index (χ0) is 19.0. The summed E-state index contributed by atoms with van der Waals surface area (Å²) >= 11 is 0. The summed E-state index contributed by atoms with van der Waals surface area (Å²) in [6, 6.07) is 0.821. The van der Waals surface area contributed by atoms with Gasteiger partial charge in [0, 0.05) is 25.6 Å². The SMILES string of the molecule is O=C(c1ccc(C(F)(F)F)cc1C(F)(F)F)N1CC[C@H](CO)[C@@H](O)C1. The molecule has 2 rings (SSSR count). The van der Waals surface area contributed by atoms with Crippen LogP contribution < -0.4 is 0 Å². The molecule has 4 nitrogen and oxygen atoms in total. The molecule has 0 radical (unpaired) electrons. The summed E-state index contributed by atoms with van der Waals surface area (Å²) in [4.78, 5) is 13.3. The third-order valence-corrected chi connectivity index (χ3v) is 4.13. The number of carbonyl (C=O) groups is 1. The van der Waals surface area contributed by atoms with Crippen molar-refractivity contribution in [3.05, 3.63) is 34.9 Å². The number of β-amino-alcohol motifs (C(OH)–C–C–N with tert-alkyl or cyclic N) is 1. The molecule has 25 heavy (non-hydrogen) atoms. The van der Waals surface area contributed by atoms with Crippen LogP contribution >= 0.6 is 0 Å². The van der Waals surface area contributed by atoms with E-state index in [1.165, 1.54) is 0 Å². The van der Waals surface area contributed by atoms with Crippen LogP contribution in [0.15, 0.2) is 18.2 Å². The van der Waals surface area contributed by atoms with Crippen molar-refractivity contribution in [3.8, 4) is 0 Å². The van der Waals surface area contributed by atoms with Gasteiger partial charge in [-0.3, -0.25) is 4.79 Å². The lowest BCUT2D eigenvalue weighted by molar-refractivity contribution is -0.143. The van der Waals surface area contributed by atoms with E-state index in [0.717, 1.165) is 4.90 Å². The lowest BCUT2D eigenvalue weighted by Crippen LogP contribution is -2.47. The van der Waals surface area contributed by atoms with E-state index in [1.54, 1.807) is 0 Å². The standard InChI is InChI=1S/C15H15F6NO3/c16-14(17,18)9-1-2-10(11(5-9)15(19,20)21)13(25)22-4-3-8(7-23)12(24)6-22/h1-2,5,8,12,23-24H,3-4,6-7H2/t8-,12+/m1/s1. The maximum Gasteiger partial charge on any atom is 0.417 e. The molecule has 2 N–H and O–H groups in total. The number of amides is 1. The van der Waals surface area contributed by atoms with Crippen LogP contribution in [0.3, 0.4) is 0 Å². The quantitative estimate of drug-likeness (QED) is 0.786. The van der Waals surface area contributed by atoms with Crippen LogP contribution in [0, 0.1) is 5.92 Å². The van der Waals surface area contributed by atoms with Crippen molar-refractivity contribution >= 4 is 5.91 Å². The summed E-state index contributed by atoms with van der Waals surface area (Å²) in [5.41, 5.74) is -4.09. The van der Waals surface area contributed by atoms with Crippen molar-refractivity contribution in [2.45, 2.75) is 24.9 Å². The van der Waals surface area contributed by atoms with E-state index >= 15 is 0 Å². The third-order valence-electron chi connectivity index (χ3n) is 4.13. The summed E-state index contributed by atoms with van der Waals surface area (Å²) in [7, 11) is 0. The second-order valence-corrected chi connectivity index (χ2v) is 5.81. The van der Waals surface area contributed by atoms with Gasteiger partial charge in [0.15, 0.2) is 0 Å². The zero-order valence-electron chi connectivity index (χ0n) is 12.7. The van der Waals surface area contributed by atoms with E-state index in [4.69, 9.17) is 5.11 Å². The van der Waals surface area contributed by atoms with E-state index in [-0.39, 0.29) is 32.2 Å². The molecule has 2 atom stereocenters. The summed E-state index contributed by atoms with van der Waals surface area (Å²) in [5.74, 6) is -1.62. The van der Waals surface area contributed by atoms with Gasteiger partial charge >= 0.3 is 12.4 Å². The Kier molecular flexibility index (Phi) is 5.33. The summed E-state index contributed by atoms with van der Waals surface area (Å²) < 4.78 is 77.3. The van der Waals surface area contributed by atoms with Gasteiger partial charge in [-0.15, -0.1) is 0 Å². The molecule has 1 amide bonds. The molecule has 140 valence electrons. The van der Waals surface area contributed by atoms with Gasteiger partial charge in [-0.2, -0.15) is 26.3 Å². The number of carbonyl (C=O) groups excluding carboxylic acids is 1. The van der Waals surface area contributed by atoms with Gasteiger partial charge in [0.25, 0.3) is 5.91 Å². The van der Waals surface area contributed by atoms with Crippen molar-refractivity contribution in [1.82, 2.24) is 4.90 Å². The fourth-order valence-corrected chi connectivity index (χ4v) is 2.69. The molecule has 0 unspecified atom stereocenters. The summed E-state index contributed by atoms with van der Waals surface area (Å²) in [6.07, 6.45) is -11.1. The maximum absolute atomic E-state index is 13.1. The number of halogens is 6. The lowest BCUT2D eigenvalue weighted by atomic mass is 9.93. The van der Waals surface area contributed by atoms with Crippen LogP contribution in [0.2, 0.25) is 0 Å². The van der Waals surface area contributed by atoms with Crippen molar-refractivity contribution in [2.24, 2.45) is 5.92 Å².